The predicted molar refractivity (Wildman–Crippen MR) is 75.6 cm³/mol. The van der Waals surface area contributed by atoms with Gasteiger partial charge in [0.15, 0.2) is 5.78 Å². The van der Waals surface area contributed by atoms with E-state index in [0.717, 1.165) is 37.9 Å². The second-order valence-electron chi connectivity index (χ2n) is 5.20. The molecule has 0 aliphatic carbocycles. The number of rotatable bonds is 4. The number of ketones is 1. The van der Waals surface area contributed by atoms with Crippen LogP contribution < -0.4 is 0 Å². The van der Waals surface area contributed by atoms with Crippen molar-refractivity contribution < 1.29 is 9.59 Å². The molecule has 1 saturated heterocycles. The maximum Gasteiger partial charge on any atom is 0.254 e. The summed E-state index contributed by atoms with van der Waals surface area (Å²) in [7, 11) is 0. The third-order valence-corrected chi connectivity index (χ3v) is 3.66. The van der Waals surface area contributed by atoms with Crippen LogP contribution in [0, 0.1) is 6.92 Å². The number of carbonyl (C=O) groups excluding carboxylic acids is 2. The van der Waals surface area contributed by atoms with Gasteiger partial charge in [0.1, 0.15) is 0 Å². The standard InChI is InChI=1S/C16H21NO2/c1-3-6-15(18)13-8-7-12(2)14(11-13)16(19)17-9-4-5-10-17/h7-8,11H,3-6,9-10H2,1-2H3. The van der Waals surface area contributed by atoms with Gasteiger partial charge < -0.3 is 4.90 Å². The molecule has 3 heteroatoms. The molecule has 0 saturated carbocycles. The van der Waals surface area contributed by atoms with E-state index >= 15 is 0 Å². The topological polar surface area (TPSA) is 37.4 Å². The Hall–Kier alpha value is -1.64. The number of hydrogen-bond donors (Lipinski definition) is 0. The Morgan fingerprint density at radius 1 is 1.21 bits per heavy atom. The lowest BCUT2D eigenvalue weighted by molar-refractivity contribution is 0.0792. The number of hydrogen-bond acceptors (Lipinski definition) is 2. The minimum absolute atomic E-state index is 0.0705. The van der Waals surface area contributed by atoms with Crippen LogP contribution in [0.25, 0.3) is 0 Å². The lowest BCUT2D eigenvalue weighted by Gasteiger charge is -2.17. The molecule has 0 radical (unpaired) electrons. The van der Waals surface area contributed by atoms with Crippen LogP contribution in [0.4, 0.5) is 0 Å². The summed E-state index contributed by atoms with van der Waals surface area (Å²) in [6.07, 6.45) is 3.54. The highest BCUT2D eigenvalue weighted by Crippen LogP contribution is 2.18. The van der Waals surface area contributed by atoms with Crippen LogP contribution in [0.1, 0.15) is 58.9 Å². The molecule has 1 amide bonds. The van der Waals surface area contributed by atoms with E-state index in [1.807, 2.05) is 30.9 Å². The lowest BCUT2D eigenvalue weighted by Crippen LogP contribution is -2.28. The number of amides is 1. The fourth-order valence-corrected chi connectivity index (χ4v) is 2.49. The molecule has 1 aliphatic rings. The van der Waals surface area contributed by atoms with Crippen molar-refractivity contribution in [3.05, 3.63) is 34.9 Å². The van der Waals surface area contributed by atoms with E-state index in [9.17, 15) is 9.59 Å². The van der Waals surface area contributed by atoms with E-state index in [0.29, 0.717) is 17.5 Å². The molecule has 0 unspecified atom stereocenters. The molecule has 1 heterocycles. The van der Waals surface area contributed by atoms with Gasteiger partial charge >= 0.3 is 0 Å². The summed E-state index contributed by atoms with van der Waals surface area (Å²) < 4.78 is 0. The molecule has 1 aromatic carbocycles. The van der Waals surface area contributed by atoms with Gasteiger partial charge in [0.2, 0.25) is 0 Å². The van der Waals surface area contributed by atoms with Gasteiger partial charge in [0.05, 0.1) is 0 Å². The van der Waals surface area contributed by atoms with Gasteiger partial charge in [-0.15, -0.1) is 0 Å². The summed E-state index contributed by atoms with van der Waals surface area (Å²) in [6.45, 7) is 5.59. The van der Waals surface area contributed by atoms with Crippen molar-refractivity contribution in [3.8, 4) is 0 Å². The Kier molecular flexibility index (Phi) is 4.35. The van der Waals surface area contributed by atoms with Crippen molar-refractivity contribution in [2.24, 2.45) is 0 Å². The van der Waals surface area contributed by atoms with Gasteiger partial charge in [-0.3, -0.25) is 9.59 Å². The van der Waals surface area contributed by atoms with Crippen molar-refractivity contribution in [3.63, 3.8) is 0 Å². The number of carbonyl (C=O) groups is 2. The average Bonchev–Trinajstić information content (AvgIpc) is 2.92. The van der Waals surface area contributed by atoms with Crippen LogP contribution in [0.3, 0.4) is 0 Å². The SMILES string of the molecule is CCCC(=O)c1ccc(C)c(C(=O)N2CCCC2)c1. The number of benzene rings is 1. The normalized spacial score (nSPS) is 14.7. The van der Waals surface area contributed by atoms with E-state index in [1.54, 1.807) is 6.07 Å². The van der Waals surface area contributed by atoms with Crippen LogP contribution in [0.5, 0.6) is 0 Å². The Morgan fingerprint density at radius 3 is 2.53 bits per heavy atom. The van der Waals surface area contributed by atoms with E-state index in [4.69, 9.17) is 0 Å². The van der Waals surface area contributed by atoms with Crippen molar-refractivity contribution in [2.75, 3.05) is 13.1 Å². The van der Waals surface area contributed by atoms with Crippen molar-refractivity contribution in [2.45, 2.75) is 39.5 Å². The Morgan fingerprint density at radius 2 is 1.89 bits per heavy atom. The van der Waals surface area contributed by atoms with Crippen LogP contribution >= 0.6 is 0 Å². The van der Waals surface area contributed by atoms with Gasteiger partial charge in [0, 0.05) is 30.6 Å². The maximum absolute atomic E-state index is 12.4. The Labute approximate surface area is 114 Å². The molecule has 0 bridgehead atoms. The first-order valence-corrected chi connectivity index (χ1v) is 7.06. The maximum atomic E-state index is 12.4. The predicted octanol–water partition coefficient (Wildman–Crippen LogP) is 3.21. The molecule has 1 aliphatic heterocycles. The van der Waals surface area contributed by atoms with E-state index in [-0.39, 0.29) is 11.7 Å². The zero-order chi connectivity index (χ0) is 13.8. The van der Waals surface area contributed by atoms with E-state index in [2.05, 4.69) is 0 Å². The Balaban J connectivity index is 2.26. The molecule has 1 aromatic rings. The lowest BCUT2D eigenvalue weighted by atomic mass is 10.00. The average molecular weight is 259 g/mol. The van der Waals surface area contributed by atoms with Crippen LogP contribution in [-0.4, -0.2) is 29.7 Å². The monoisotopic (exact) mass is 259 g/mol. The van der Waals surface area contributed by atoms with Crippen molar-refractivity contribution in [1.29, 1.82) is 0 Å². The largest absolute Gasteiger partial charge is 0.339 e. The van der Waals surface area contributed by atoms with Gasteiger partial charge in [0.25, 0.3) is 5.91 Å². The third kappa shape index (κ3) is 3.03. The molecular formula is C16H21NO2. The second-order valence-corrected chi connectivity index (χ2v) is 5.20. The minimum atomic E-state index is 0.0705. The first kappa shape index (κ1) is 13.8. The summed E-state index contributed by atoms with van der Waals surface area (Å²) in [5.74, 6) is 0.194. The van der Waals surface area contributed by atoms with Gasteiger partial charge in [-0.1, -0.05) is 19.1 Å². The smallest absolute Gasteiger partial charge is 0.254 e. The van der Waals surface area contributed by atoms with E-state index in [1.165, 1.54) is 0 Å². The number of nitrogens with zero attached hydrogens (tertiary/aromatic N) is 1. The summed E-state index contributed by atoms with van der Waals surface area (Å²) in [5.41, 5.74) is 2.30. The molecule has 0 N–H and O–H groups in total. The van der Waals surface area contributed by atoms with Crippen molar-refractivity contribution in [1.82, 2.24) is 4.90 Å². The number of aryl methyl sites for hydroxylation is 1. The van der Waals surface area contributed by atoms with Gasteiger partial charge in [-0.25, -0.2) is 0 Å². The number of likely N-dealkylation sites (tertiary alicyclic amines) is 1. The van der Waals surface area contributed by atoms with Gasteiger partial charge in [-0.05, 0) is 37.8 Å². The van der Waals surface area contributed by atoms with Crippen molar-refractivity contribution >= 4 is 11.7 Å². The fraction of sp³-hybridized carbons (Fsp3) is 0.500. The summed E-state index contributed by atoms with van der Waals surface area (Å²) in [4.78, 5) is 26.2. The molecule has 2 rings (SSSR count). The third-order valence-electron chi connectivity index (χ3n) is 3.66. The highest BCUT2D eigenvalue weighted by Gasteiger charge is 2.21. The highest BCUT2D eigenvalue weighted by atomic mass is 16.2. The summed E-state index contributed by atoms with van der Waals surface area (Å²) >= 11 is 0. The zero-order valence-electron chi connectivity index (χ0n) is 11.7. The molecule has 1 fully saturated rings. The second kappa shape index (κ2) is 6.00. The molecule has 0 spiro atoms. The summed E-state index contributed by atoms with van der Waals surface area (Å²) in [6, 6.07) is 5.48. The van der Waals surface area contributed by atoms with Crippen LogP contribution in [-0.2, 0) is 0 Å². The molecule has 0 atom stereocenters. The van der Waals surface area contributed by atoms with E-state index < -0.39 is 0 Å². The first-order chi connectivity index (χ1) is 9.13. The zero-order valence-corrected chi connectivity index (χ0v) is 11.7. The molecule has 102 valence electrons. The number of Topliss-reactive ketones (excluding diaryl/α,β-unsaturated/α-hetero) is 1. The Bertz CT molecular complexity index is 488. The quantitative estimate of drug-likeness (QED) is 0.779. The highest BCUT2D eigenvalue weighted by molar-refractivity contribution is 6.01. The van der Waals surface area contributed by atoms with Crippen LogP contribution in [0.15, 0.2) is 18.2 Å². The fourth-order valence-electron chi connectivity index (χ4n) is 2.49. The van der Waals surface area contributed by atoms with Gasteiger partial charge in [-0.2, -0.15) is 0 Å². The molecule has 3 nitrogen and oxygen atoms in total. The molecular weight excluding hydrogens is 238 g/mol. The summed E-state index contributed by atoms with van der Waals surface area (Å²) in [5, 5.41) is 0. The first-order valence-electron chi connectivity index (χ1n) is 7.06. The van der Waals surface area contributed by atoms with Crippen LogP contribution in [0.2, 0.25) is 0 Å². The minimum Gasteiger partial charge on any atom is -0.339 e. The molecule has 19 heavy (non-hydrogen) atoms. The molecule has 0 aromatic heterocycles.